The lowest BCUT2D eigenvalue weighted by Crippen LogP contribution is -2.55. The number of hydrogen-bond acceptors (Lipinski definition) is 4. The summed E-state index contributed by atoms with van der Waals surface area (Å²) in [5, 5.41) is 7.62. The fourth-order valence-corrected chi connectivity index (χ4v) is 4.40. The predicted octanol–water partition coefficient (Wildman–Crippen LogP) is 1.41. The standard InChI is InChI=1S/C16H26N6OS.HI/c1-17-16(18-9-13-3-7-24-8-4-13)21-5-6-22(15(23)12-21)14-10-19-20(2)11-14;/h10-11,13H,3-9,12H2,1-2H3,(H,17,18);1H. The minimum atomic E-state index is 0. The van der Waals surface area contributed by atoms with Gasteiger partial charge in [-0.15, -0.1) is 24.0 Å². The lowest BCUT2D eigenvalue weighted by Gasteiger charge is -2.36. The molecule has 1 amide bonds. The number of aryl methyl sites for hydroxylation is 1. The van der Waals surface area contributed by atoms with Crippen LogP contribution >= 0.6 is 35.7 Å². The second-order valence-corrected chi connectivity index (χ2v) is 7.55. The number of piperazine rings is 1. The summed E-state index contributed by atoms with van der Waals surface area (Å²) in [5.74, 6) is 4.16. The van der Waals surface area contributed by atoms with Crippen LogP contribution in [0.3, 0.4) is 0 Å². The number of amides is 1. The van der Waals surface area contributed by atoms with Gasteiger partial charge in [0.15, 0.2) is 5.96 Å². The molecule has 1 aromatic heterocycles. The highest BCUT2D eigenvalue weighted by Crippen LogP contribution is 2.22. The minimum Gasteiger partial charge on any atom is -0.356 e. The Kier molecular flexibility index (Phi) is 7.85. The Hall–Kier alpha value is -0.970. The van der Waals surface area contributed by atoms with Crippen LogP contribution in [0.4, 0.5) is 5.69 Å². The van der Waals surface area contributed by atoms with Gasteiger partial charge < -0.3 is 15.1 Å². The van der Waals surface area contributed by atoms with Crippen LogP contribution in [-0.4, -0.2) is 71.3 Å². The van der Waals surface area contributed by atoms with Crippen molar-refractivity contribution in [3.63, 3.8) is 0 Å². The van der Waals surface area contributed by atoms with Crippen LogP contribution in [0, 0.1) is 5.92 Å². The van der Waals surface area contributed by atoms with Gasteiger partial charge in [0.25, 0.3) is 0 Å². The van der Waals surface area contributed by atoms with Gasteiger partial charge in [0.2, 0.25) is 5.91 Å². The number of halogens is 1. The van der Waals surface area contributed by atoms with Crippen LogP contribution in [0.5, 0.6) is 0 Å². The summed E-state index contributed by atoms with van der Waals surface area (Å²) in [4.78, 5) is 20.7. The maximum Gasteiger partial charge on any atom is 0.246 e. The Labute approximate surface area is 170 Å². The van der Waals surface area contributed by atoms with E-state index in [0.29, 0.717) is 13.1 Å². The van der Waals surface area contributed by atoms with Crippen molar-refractivity contribution in [3.8, 4) is 0 Å². The third-order valence-electron chi connectivity index (χ3n) is 4.62. The van der Waals surface area contributed by atoms with Crippen molar-refractivity contribution >= 4 is 53.3 Å². The van der Waals surface area contributed by atoms with Crippen LogP contribution in [0.1, 0.15) is 12.8 Å². The van der Waals surface area contributed by atoms with Crippen LogP contribution in [0.2, 0.25) is 0 Å². The fraction of sp³-hybridized carbons (Fsp3) is 0.688. The molecule has 0 aromatic carbocycles. The highest BCUT2D eigenvalue weighted by atomic mass is 127. The summed E-state index contributed by atoms with van der Waals surface area (Å²) < 4.78 is 1.72. The first-order chi connectivity index (χ1) is 11.7. The van der Waals surface area contributed by atoms with Crippen molar-refractivity contribution < 1.29 is 4.79 Å². The molecule has 2 aliphatic rings. The highest BCUT2D eigenvalue weighted by Gasteiger charge is 2.28. The molecule has 7 nitrogen and oxygen atoms in total. The summed E-state index contributed by atoms with van der Waals surface area (Å²) in [5.41, 5.74) is 0.866. The van der Waals surface area contributed by atoms with Crippen LogP contribution in [0.25, 0.3) is 0 Å². The second kappa shape index (κ2) is 9.65. The van der Waals surface area contributed by atoms with E-state index in [4.69, 9.17) is 0 Å². The van der Waals surface area contributed by atoms with E-state index in [2.05, 4.69) is 15.4 Å². The Morgan fingerprint density at radius 1 is 1.40 bits per heavy atom. The summed E-state index contributed by atoms with van der Waals surface area (Å²) in [6.07, 6.45) is 6.15. The molecule has 0 spiro atoms. The van der Waals surface area contributed by atoms with E-state index in [-0.39, 0.29) is 29.9 Å². The third-order valence-corrected chi connectivity index (χ3v) is 5.67. The molecule has 0 atom stereocenters. The van der Waals surface area contributed by atoms with Gasteiger partial charge in [-0.25, -0.2) is 0 Å². The van der Waals surface area contributed by atoms with Gasteiger partial charge in [-0.05, 0) is 30.3 Å². The molecular formula is C16H27IN6OS. The average Bonchev–Trinajstić information content (AvgIpc) is 3.02. The molecule has 0 radical (unpaired) electrons. The van der Waals surface area contributed by atoms with E-state index in [0.717, 1.165) is 30.7 Å². The first-order valence-electron chi connectivity index (χ1n) is 8.49. The molecule has 0 aliphatic carbocycles. The summed E-state index contributed by atoms with van der Waals surface area (Å²) in [6.45, 7) is 2.74. The molecular weight excluding hydrogens is 451 g/mol. The van der Waals surface area contributed by atoms with Gasteiger partial charge in [0.05, 0.1) is 11.9 Å². The van der Waals surface area contributed by atoms with Crippen molar-refractivity contribution in [3.05, 3.63) is 12.4 Å². The topological polar surface area (TPSA) is 65.8 Å². The zero-order valence-electron chi connectivity index (χ0n) is 14.8. The number of aromatic nitrogens is 2. The largest absolute Gasteiger partial charge is 0.356 e. The summed E-state index contributed by atoms with van der Waals surface area (Å²) in [6, 6.07) is 0. The first kappa shape index (κ1) is 20.3. The van der Waals surface area contributed by atoms with E-state index < -0.39 is 0 Å². The molecule has 9 heteroatoms. The molecule has 2 saturated heterocycles. The van der Waals surface area contributed by atoms with E-state index in [1.165, 1.54) is 24.3 Å². The fourth-order valence-electron chi connectivity index (χ4n) is 3.19. The molecule has 2 fully saturated rings. The molecule has 0 bridgehead atoms. The van der Waals surface area contributed by atoms with Crippen molar-refractivity contribution in [2.24, 2.45) is 18.0 Å². The first-order valence-corrected chi connectivity index (χ1v) is 9.65. The number of carbonyl (C=O) groups excluding carboxylic acids is 1. The number of nitrogens with zero attached hydrogens (tertiary/aromatic N) is 5. The van der Waals surface area contributed by atoms with Crippen molar-refractivity contribution in [1.82, 2.24) is 20.0 Å². The quantitative estimate of drug-likeness (QED) is 0.405. The SMILES string of the molecule is CN=C(NCC1CCSCC1)N1CCN(c2cnn(C)c2)C(=O)C1.I. The number of aliphatic imine (C=N–C) groups is 1. The Morgan fingerprint density at radius 2 is 2.16 bits per heavy atom. The van der Waals surface area contributed by atoms with Crippen molar-refractivity contribution in [2.45, 2.75) is 12.8 Å². The Balaban J connectivity index is 0.00000225. The van der Waals surface area contributed by atoms with E-state index in [1.807, 2.05) is 29.9 Å². The van der Waals surface area contributed by atoms with E-state index in [1.54, 1.807) is 22.8 Å². The highest BCUT2D eigenvalue weighted by molar-refractivity contribution is 14.0. The van der Waals surface area contributed by atoms with Gasteiger partial charge in [-0.3, -0.25) is 14.5 Å². The molecule has 1 N–H and O–H groups in total. The monoisotopic (exact) mass is 478 g/mol. The lowest BCUT2D eigenvalue weighted by molar-refractivity contribution is -0.120. The molecule has 3 rings (SSSR count). The van der Waals surface area contributed by atoms with Crippen LogP contribution in [-0.2, 0) is 11.8 Å². The van der Waals surface area contributed by atoms with Crippen molar-refractivity contribution in [2.75, 3.05) is 49.6 Å². The molecule has 3 heterocycles. The van der Waals surface area contributed by atoms with Gasteiger partial charge >= 0.3 is 0 Å². The second-order valence-electron chi connectivity index (χ2n) is 6.32. The molecule has 25 heavy (non-hydrogen) atoms. The molecule has 140 valence electrons. The molecule has 0 saturated carbocycles. The smallest absolute Gasteiger partial charge is 0.246 e. The zero-order chi connectivity index (χ0) is 16.9. The maximum absolute atomic E-state index is 12.5. The van der Waals surface area contributed by atoms with Crippen LogP contribution < -0.4 is 10.2 Å². The van der Waals surface area contributed by atoms with Gasteiger partial charge in [-0.1, -0.05) is 0 Å². The minimum absolute atomic E-state index is 0. The molecule has 1 aromatic rings. The third kappa shape index (κ3) is 5.25. The normalized spacial score (nSPS) is 19.8. The number of rotatable bonds is 3. The lowest BCUT2D eigenvalue weighted by atomic mass is 10.0. The van der Waals surface area contributed by atoms with Gasteiger partial charge in [-0.2, -0.15) is 16.9 Å². The molecule has 0 unspecified atom stereocenters. The van der Waals surface area contributed by atoms with E-state index >= 15 is 0 Å². The Morgan fingerprint density at radius 3 is 2.76 bits per heavy atom. The van der Waals surface area contributed by atoms with Crippen LogP contribution in [0.15, 0.2) is 17.4 Å². The predicted molar refractivity (Wildman–Crippen MR) is 114 cm³/mol. The summed E-state index contributed by atoms with van der Waals surface area (Å²) in [7, 11) is 3.65. The average molecular weight is 478 g/mol. The number of guanidine groups is 1. The Bertz CT molecular complexity index is 601. The summed E-state index contributed by atoms with van der Waals surface area (Å²) >= 11 is 2.04. The molecule has 2 aliphatic heterocycles. The number of thioether (sulfide) groups is 1. The van der Waals surface area contributed by atoms with Crippen molar-refractivity contribution in [1.29, 1.82) is 0 Å². The maximum atomic E-state index is 12.5. The van der Waals surface area contributed by atoms with Gasteiger partial charge in [0, 0.05) is 39.9 Å². The number of carbonyl (C=O) groups is 1. The van der Waals surface area contributed by atoms with E-state index in [9.17, 15) is 4.79 Å². The zero-order valence-corrected chi connectivity index (χ0v) is 18.0. The van der Waals surface area contributed by atoms with Gasteiger partial charge in [0.1, 0.15) is 6.54 Å². The number of anilines is 1. The number of nitrogens with one attached hydrogen (secondary N) is 1. The number of hydrogen-bond donors (Lipinski definition) is 1.